The van der Waals surface area contributed by atoms with E-state index in [4.69, 9.17) is 9.47 Å². The van der Waals surface area contributed by atoms with Gasteiger partial charge in [-0.2, -0.15) is 0 Å². The number of carbonyl (C=O) groups is 2. The van der Waals surface area contributed by atoms with Crippen LogP contribution in [0.25, 0.3) is 0 Å². The van der Waals surface area contributed by atoms with Gasteiger partial charge in [0.15, 0.2) is 0 Å². The van der Waals surface area contributed by atoms with E-state index in [0.29, 0.717) is 13.1 Å². The molecule has 0 aromatic rings. The summed E-state index contributed by atoms with van der Waals surface area (Å²) in [6, 6.07) is 0. The molecule has 0 aromatic carbocycles. The normalized spacial score (nSPS) is 17.6. The maximum Gasteiger partial charge on any atom is 0.410 e. The fraction of sp³-hybridized carbons (Fsp3) is 0.833. The average molecular weight is 291 g/mol. The zero-order valence-corrected chi connectivity index (χ0v) is 12.6. The minimum atomic E-state index is -1.29. The van der Waals surface area contributed by atoms with E-state index < -0.39 is 28.5 Å². The SMILES string of the molecule is CCOC(=O)C[S@](=O)C1CN(C(=O)OC(C)(C)C)C1. The zero-order chi connectivity index (χ0) is 14.6. The summed E-state index contributed by atoms with van der Waals surface area (Å²) in [4.78, 5) is 24.3. The Kier molecular flexibility index (Phi) is 5.34. The molecule has 0 spiro atoms. The molecule has 0 aromatic heterocycles. The van der Waals surface area contributed by atoms with Crippen molar-refractivity contribution in [1.29, 1.82) is 0 Å². The van der Waals surface area contributed by atoms with Gasteiger partial charge in [0.05, 0.1) is 11.9 Å². The van der Waals surface area contributed by atoms with Gasteiger partial charge in [0, 0.05) is 23.9 Å². The summed E-state index contributed by atoms with van der Waals surface area (Å²) in [5.41, 5.74) is -0.535. The van der Waals surface area contributed by atoms with E-state index in [2.05, 4.69) is 0 Å². The molecule has 7 heteroatoms. The highest BCUT2D eigenvalue weighted by Gasteiger charge is 2.37. The van der Waals surface area contributed by atoms with Crippen molar-refractivity contribution < 1.29 is 23.3 Å². The molecule has 110 valence electrons. The lowest BCUT2D eigenvalue weighted by molar-refractivity contribution is -0.139. The van der Waals surface area contributed by atoms with Crippen LogP contribution >= 0.6 is 0 Å². The van der Waals surface area contributed by atoms with Gasteiger partial charge in [-0.15, -0.1) is 0 Å². The summed E-state index contributed by atoms with van der Waals surface area (Å²) >= 11 is 0. The van der Waals surface area contributed by atoms with Crippen molar-refractivity contribution in [2.45, 2.75) is 38.5 Å². The monoisotopic (exact) mass is 291 g/mol. The van der Waals surface area contributed by atoms with Gasteiger partial charge < -0.3 is 14.4 Å². The van der Waals surface area contributed by atoms with Crippen LogP contribution in [0.1, 0.15) is 27.7 Å². The number of carbonyl (C=O) groups excluding carboxylic acids is 2. The van der Waals surface area contributed by atoms with Gasteiger partial charge >= 0.3 is 12.1 Å². The second-order valence-electron chi connectivity index (χ2n) is 5.34. The lowest BCUT2D eigenvalue weighted by atomic mass is 10.2. The molecule has 1 atom stereocenters. The number of likely N-dealkylation sites (tertiary alicyclic amines) is 1. The molecule has 0 saturated carbocycles. The van der Waals surface area contributed by atoms with Crippen LogP contribution in [0.4, 0.5) is 4.79 Å². The van der Waals surface area contributed by atoms with Crippen molar-refractivity contribution in [1.82, 2.24) is 4.90 Å². The Morgan fingerprint density at radius 2 is 1.89 bits per heavy atom. The van der Waals surface area contributed by atoms with Crippen molar-refractivity contribution in [3.8, 4) is 0 Å². The molecule has 1 saturated heterocycles. The predicted octanol–water partition coefficient (Wildman–Crippen LogP) is 0.917. The van der Waals surface area contributed by atoms with Crippen LogP contribution < -0.4 is 0 Å². The second kappa shape index (κ2) is 6.36. The lowest BCUT2D eigenvalue weighted by Crippen LogP contribution is -2.57. The van der Waals surface area contributed by atoms with Crippen LogP contribution in [0.3, 0.4) is 0 Å². The minimum absolute atomic E-state index is 0.110. The second-order valence-corrected chi connectivity index (χ2v) is 7.05. The van der Waals surface area contributed by atoms with Crippen molar-refractivity contribution in [2.75, 3.05) is 25.4 Å². The molecule has 0 unspecified atom stereocenters. The molecule has 0 aliphatic carbocycles. The largest absolute Gasteiger partial charge is 0.465 e. The quantitative estimate of drug-likeness (QED) is 0.720. The number of hydrogen-bond donors (Lipinski definition) is 0. The maximum atomic E-state index is 11.8. The Hall–Kier alpha value is -1.11. The van der Waals surface area contributed by atoms with E-state index in [9.17, 15) is 13.8 Å². The molecular formula is C12H21NO5S. The van der Waals surface area contributed by atoms with Crippen LogP contribution in [0, 0.1) is 0 Å². The Morgan fingerprint density at radius 3 is 2.37 bits per heavy atom. The third kappa shape index (κ3) is 5.18. The maximum absolute atomic E-state index is 11.8. The van der Waals surface area contributed by atoms with Gasteiger partial charge in [-0.1, -0.05) is 0 Å². The van der Waals surface area contributed by atoms with E-state index >= 15 is 0 Å². The first-order valence-electron chi connectivity index (χ1n) is 6.23. The fourth-order valence-corrected chi connectivity index (χ4v) is 2.76. The van der Waals surface area contributed by atoms with E-state index in [1.165, 1.54) is 4.90 Å². The smallest absolute Gasteiger partial charge is 0.410 e. The number of rotatable bonds is 4. The van der Waals surface area contributed by atoms with Crippen LogP contribution in [-0.2, 0) is 25.1 Å². The topological polar surface area (TPSA) is 72.9 Å². The molecule has 1 rings (SSSR count). The Morgan fingerprint density at radius 1 is 1.32 bits per heavy atom. The number of ether oxygens (including phenoxy) is 2. The number of amides is 1. The minimum Gasteiger partial charge on any atom is -0.465 e. The molecule has 19 heavy (non-hydrogen) atoms. The van der Waals surface area contributed by atoms with Crippen molar-refractivity contribution >= 4 is 22.9 Å². The van der Waals surface area contributed by atoms with E-state index in [1.807, 2.05) is 0 Å². The highest BCUT2D eigenvalue weighted by atomic mass is 32.2. The third-order valence-corrected chi connectivity index (χ3v) is 4.00. The summed E-state index contributed by atoms with van der Waals surface area (Å²) in [5.74, 6) is -0.572. The van der Waals surface area contributed by atoms with Gasteiger partial charge in [-0.05, 0) is 27.7 Å². The number of nitrogens with zero attached hydrogens (tertiary/aromatic N) is 1. The molecule has 6 nitrogen and oxygen atoms in total. The first kappa shape index (κ1) is 15.9. The van der Waals surface area contributed by atoms with E-state index in [0.717, 1.165) is 0 Å². The number of esters is 1. The molecule has 0 bridgehead atoms. The molecule has 1 fully saturated rings. The fourth-order valence-electron chi connectivity index (χ4n) is 1.52. The molecule has 1 heterocycles. The summed E-state index contributed by atoms with van der Waals surface area (Å²) < 4.78 is 21.7. The zero-order valence-electron chi connectivity index (χ0n) is 11.8. The van der Waals surface area contributed by atoms with Crippen LogP contribution in [0.2, 0.25) is 0 Å². The molecule has 0 N–H and O–H groups in total. The van der Waals surface area contributed by atoms with Crippen molar-refractivity contribution in [2.24, 2.45) is 0 Å². The molecular weight excluding hydrogens is 270 g/mol. The summed E-state index contributed by atoms with van der Waals surface area (Å²) in [7, 11) is -1.29. The molecule has 1 aliphatic heterocycles. The Bertz CT molecular complexity index is 371. The third-order valence-electron chi connectivity index (χ3n) is 2.44. The van der Waals surface area contributed by atoms with E-state index in [-0.39, 0.29) is 17.6 Å². The van der Waals surface area contributed by atoms with Gasteiger partial charge in [0.2, 0.25) is 0 Å². The highest BCUT2D eigenvalue weighted by Crippen LogP contribution is 2.18. The van der Waals surface area contributed by atoms with E-state index in [1.54, 1.807) is 27.7 Å². The van der Waals surface area contributed by atoms with Gasteiger partial charge in [-0.3, -0.25) is 9.00 Å². The molecule has 1 aliphatic rings. The van der Waals surface area contributed by atoms with Crippen molar-refractivity contribution in [3.63, 3.8) is 0 Å². The van der Waals surface area contributed by atoms with Gasteiger partial charge in [0.1, 0.15) is 11.4 Å². The summed E-state index contributed by atoms with van der Waals surface area (Å²) in [5, 5.41) is -0.170. The van der Waals surface area contributed by atoms with Crippen LogP contribution in [0.5, 0.6) is 0 Å². The first-order chi connectivity index (χ1) is 8.73. The van der Waals surface area contributed by atoms with Crippen molar-refractivity contribution in [3.05, 3.63) is 0 Å². The lowest BCUT2D eigenvalue weighted by Gasteiger charge is -2.38. The highest BCUT2D eigenvalue weighted by molar-refractivity contribution is 7.86. The molecule has 0 radical (unpaired) electrons. The van der Waals surface area contributed by atoms with Gasteiger partial charge in [-0.25, -0.2) is 4.79 Å². The number of hydrogen-bond acceptors (Lipinski definition) is 5. The van der Waals surface area contributed by atoms with Crippen LogP contribution in [0.15, 0.2) is 0 Å². The molecule has 1 amide bonds. The summed E-state index contributed by atoms with van der Waals surface area (Å²) in [6.45, 7) is 8.09. The Labute approximate surface area is 115 Å². The predicted molar refractivity (Wildman–Crippen MR) is 71.2 cm³/mol. The standard InChI is InChI=1S/C12H21NO5S/c1-5-17-10(14)8-19(16)9-6-13(7-9)11(15)18-12(2,3)4/h9H,5-8H2,1-4H3/t19-/m0/s1. The van der Waals surface area contributed by atoms with Gasteiger partial charge in [0.25, 0.3) is 0 Å². The van der Waals surface area contributed by atoms with Crippen LogP contribution in [-0.4, -0.2) is 57.5 Å². The average Bonchev–Trinajstić information content (AvgIpc) is 2.11. The Balaban J connectivity index is 2.31. The first-order valence-corrected chi connectivity index (χ1v) is 7.62. The summed E-state index contributed by atoms with van der Waals surface area (Å²) in [6.07, 6.45) is -0.406.